The number of carbonyl (C=O) groups excluding carboxylic acids is 2. The van der Waals surface area contributed by atoms with E-state index < -0.39 is 0 Å². The number of amides is 2. The third-order valence-corrected chi connectivity index (χ3v) is 4.87. The molecule has 0 radical (unpaired) electrons. The highest BCUT2D eigenvalue weighted by Crippen LogP contribution is 2.21. The van der Waals surface area contributed by atoms with Crippen molar-refractivity contribution in [2.45, 2.75) is 38.3 Å². The van der Waals surface area contributed by atoms with Gasteiger partial charge in [-0.3, -0.25) is 19.4 Å². The highest BCUT2D eigenvalue weighted by atomic mass is 16.5. The Bertz CT molecular complexity index is 597. The Morgan fingerprint density at radius 3 is 2.68 bits per heavy atom. The second-order valence-corrected chi connectivity index (χ2v) is 6.62. The molecule has 0 aromatic heterocycles. The zero-order valence-electron chi connectivity index (χ0n) is 14.8. The Morgan fingerprint density at radius 1 is 1.24 bits per heavy atom. The van der Waals surface area contributed by atoms with E-state index >= 15 is 0 Å². The largest absolute Gasteiger partial charge is 0.496 e. The number of imide groups is 1. The van der Waals surface area contributed by atoms with E-state index in [1.807, 2.05) is 24.3 Å². The van der Waals surface area contributed by atoms with Gasteiger partial charge >= 0.3 is 0 Å². The SMILES string of the molecule is COc1ccccc1CN(CCN1C(=O)CCC1=O)C[C@@H]1CCCO1. The van der Waals surface area contributed by atoms with E-state index in [1.54, 1.807) is 7.11 Å². The highest BCUT2D eigenvalue weighted by molar-refractivity contribution is 6.01. The number of methoxy groups -OCH3 is 1. The number of nitrogens with zero attached hydrogens (tertiary/aromatic N) is 2. The van der Waals surface area contributed by atoms with Crippen molar-refractivity contribution in [3.05, 3.63) is 29.8 Å². The molecule has 0 aliphatic carbocycles. The zero-order chi connectivity index (χ0) is 17.6. The number of likely N-dealkylation sites (tertiary alicyclic amines) is 1. The van der Waals surface area contributed by atoms with Crippen molar-refractivity contribution in [1.29, 1.82) is 0 Å². The maximum absolute atomic E-state index is 11.8. The lowest BCUT2D eigenvalue weighted by Crippen LogP contribution is -2.40. The van der Waals surface area contributed by atoms with Crippen LogP contribution in [0, 0.1) is 0 Å². The Hall–Kier alpha value is -1.92. The van der Waals surface area contributed by atoms with Gasteiger partial charge in [-0.2, -0.15) is 0 Å². The van der Waals surface area contributed by atoms with Crippen molar-refractivity contribution in [3.8, 4) is 5.75 Å². The summed E-state index contributed by atoms with van der Waals surface area (Å²) in [7, 11) is 1.67. The lowest BCUT2D eigenvalue weighted by atomic mass is 10.1. The molecular weight excluding hydrogens is 320 g/mol. The van der Waals surface area contributed by atoms with Crippen molar-refractivity contribution < 1.29 is 19.1 Å². The van der Waals surface area contributed by atoms with E-state index in [0.717, 1.165) is 37.3 Å². The van der Waals surface area contributed by atoms with Crippen LogP contribution < -0.4 is 4.74 Å². The summed E-state index contributed by atoms with van der Waals surface area (Å²) in [4.78, 5) is 27.3. The van der Waals surface area contributed by atoms with Crippen molar-refractivity contribution in [1.82, 2.24) is 9.80 Å². The average molecular weight is 346 g/mol. The smallest absolute Gasteiger partial charge is 0.229 e. The fraction of sp³-hybridized carbons (Fsp3) is 0.579. The molecule has 0 unspecified atom stereocenters. The Labute approximate surface area is 148 Å². The van der Waals surface area contributed by atoms with Crippen LogP contribution in [0.2, 0.25) is 0 Å². The Morgan fingerprint density at radius 2 is 2.00 bits per heavy atom. The van der Waals surface area contributed by atoms with Crippen molar-refractivity contribution in [3.63, 3.8) is 0 Å². The molecule has 2 aliphatic heterocycles. The molecule has 0 spiro atoms. The molecule has 136 valence electrons. The Kier molecular flexibility index (Phi) is 6.04. The van der Waals surface area contributed by atoms with Crippen LogP contribution >= 0.6 is 0 Å². The fourth-order valence-corrected chi connectivity index (χ4v) is 3.50. The molecule has 0 bridgehead atoms. The van der Waals surface area contributed by atoms with Gasteiger partial charge in [0.05, 0.1) is 13.2 Å². The molecule has 2 amide bonds. The van der Waals surface area contributed by atoms with Gasteiger partial charge in [-0.15, -0.1) is 0 Å². The quantitative estimate of drug-likeness (QED) is 0.672. The second-order valence-electron chi connectivity index (χ2n) is 6.62. The van der Waals surface area contributed by atoms with E-state index in [4.69, 9.17) is 9.47 Å². The molecule has 2 heterocycles. The molecular formula is C19H26N2O4. The first-order valence-electron chi connectivity index (χ1n) is 8.96. The van der Waals surface area contributed by atoms with Gasteiger partial charge in [0.25, 0.3) is 0 Å². The summed E-state index contributed by atoms with van der Waals surface area (Å²) in [5.74, 6) is 0.742. The standard InChI is InChI=1S/C19H26N2O4/c1-24-17-7-3-2-5-15(17)13-20(14-16-6-4-12-25-16)10-11-21-18(22)8-9-19(21)23/h2-3,5,7,16H,4,6,8-14H2,1H3/t16-/m0/s1. The van der Waals surface area contributed by atoms with Crippen molar-refractivity contribution in [2.24, 2.45) is 0 Å². The van der Waals surface area contributed by atoms with E-state index in [9.17, 15) is 9.59 Å². The molecule has 3 rings (SSSR count). The first-order chi connectivity index (χ1) is 12.2. The zero-order valence-corrected chi connectivity index (χ0v) is 14.8. The molecule has 1 aromatic rings. The summed E-state index contributed by atoms with van der Waals surface area (Å²) in [6.45, 7) is 3.42. The highest BCUT2D eigenvalue weighted by Gasteiger charge is 2.29. The van der Waals surface area contributed by atoms with E-state index in [2.05, 4.69) is 4.90 Å². The fourth-order valence-electron chi connectivity index (χ4n) is 3.50. The van der Waals surface area contributed by atoms with Gasteiger partial charge in [-0.05, 0) is 18.9 Å². The molecule has 25 heavy (non-hydrogen) atoms. The first kappa shape index (κ1) is 17.9. The summed E-state index contributed by atoms with van der Waals surface area (Å²) in [5.41, 5.74) is 1.10. The van der Waals surface area contributed by atoms with Crippen LogP contribution in [0.25, 0.3) is 0 Å². The lowest BCUT2D eigenvalue weighted by molar-refractivity contribution is -0.138. The molecule has 1 atom stereocenters. The van der Waals surface area contributed by atoms with Gasteiger partial charge in [0.15, 0.2) is 0 Å². The minimum atomic E-state index is -0.0561. The maximum atomic E-state index is 11.8. The van der Waals surface area contributed by atoms with Gasteiger partial charge in [0.1, 0.15) is 5.75 Å². The van der Waals surface area contributed by atoms with Crippen LogP contribution in [0.1, 0.15) is 31.2 Å². The average Bonchev–Trinajstić information content (AvgIpc) is 3.24. The number of rotatable bonds is 8. The number of hydrogen-bond acceptors (Lipinski definition) is 5. The molecule has 6 nitrogen and oxygen atoms in total. The molecule has 6 heteroatoms. The van der Waals surface area contributed by atoms with Gasteiger partial charge in [-0.1, -0.05) is 18.2 Å². The predicted molar refractivity (Wildman–Crippen MR) is 93.2 cm³/mol. The third-order valence-electron chi connectivity index (χ3n) is 4.87. The maximum Gasteiger partial charge on any atom is 0.229 e. The second kappa shape index (κ2) is 8.45. The molecule has 1 aromatic carbocycles. The number of benzene rings is 1. The number of carbonyl (C=O) groups is 2. The molecule has 0 saturated carbocycles. The topological polar surface area (TPSA) is 59.1 Å². The van der Waals surface area contributed by atoms with Crippen LogP contribution in [-0.2, 0) is 20.9 Å². The van der Waals surface area contributed by atoms with Crippen LogP contribution in [-0.4, -0.2) is 61.1 Å². The minimum Gasteiger partial charge on any atom is -0.496 e. The minimum absolute atomic E-state index is 0.0561. The number of para-hydroxylation sites is 1. The Balaban J connectivity index is 1.65. The van der Waals surface area contributed by atoms with Crippen LogP contribution in [0.4, 0.5) is 0 Å². The number of ether oxygens (including phenoxy) is 2. The van der Waals surface area contributed by atoms with Gasteiger partial charge in [-0.25, -0.2) is 0 Å². The molecule has 2 fully saturated rings. The molecule has 0 N–H and O–H groups in total. The lowest BCUT2D eigenvalue weighted by Gasteiger charge is -2.27. The van der Waals surface area contributed by atoms with Crippen LogP contribution in [0.5, 0.6) is 5.75 Å². The summed E-state index contributed by atoms with van der Waals surface area (Å²) < 4.78 is 11.2. The van der Waals surface area contributed by atoms with E-state index in [1.165, 1.54) is 4.90 Å². The predicted octanol–water partition coefficient (Wildman–Crippen LogP) is 1.83. The summed E-state index contributed by atoms with van der Waals surface area (Å²) in [6.07, 6.45) is 3.06. The van der Waals surface area contributed by atoms with Gasteiger partial charge in [0.2, 0.25) is 11.8 Å². The van der Waals surface area contributed by atoms with E-state index in [0.29, 0.717) is 32.5 Å². The normalized spacial score (nSPS) is 20.7. The van der Waals surface area contributed by atoms with E-state index in [-0.39, 0.29) is 17.9 Å². The van der Waals surface area contributed by atoms with Gasteiger partial charge < -0.3 is 9.47 Å². The van der Waals surface area contributed by atoms with Crippen molar-refractivity contribution in [2.75, 3.05) is 33.4 Å². The summed E-state index contributed by atoms with van der Waals surface area (Å²) in [6, 6.07) is 7.95. The molecule has 2 aliphatic rings. The first-order valence-corrected chi connectivity index (χ1v) is 8.96. The monoisotopic (exact) mass is 346 g/mol. The number of hydrogen-bond donors (Lipinski definition) is 0. The summed E-state index contributed by atoms with van der Waals surface area (Å²) in [5, 5.41) is 0. The summed E-state index contributed by atoms with van der Waals surface area (Å²) >= 11 is 0. The third kappa shape index (κ3) is 4.58. The molecule has 2 saturated heterocycles. The van der Waals surface area contributed by atoms with Crippen LogP contribution in [0.3, 0.4) is 0 Å². The van der Waals surface area contributed by atoms with Gasteiger partial charge in [0, 0.05) is 51.2 Å². The van der Waals surface area contributed by atoms with Crippen molar-refractivity contribution >= 4 is 11.8 Å². The van der Waals surface area contributed by atoms with Crippen LogP contribution in [0.15, 0.2) is 24.3 Å².